The van der Waals surface area contributed by atoms with E-state index in [4.69, 9.17) is 0 Å². The maximum absolute atomic E-state index is 2.59. The zero-order chi connectivity index (χ0) is 14.9. The van der Waals surface area contributed by atoms with Crippen LogP contribution in [0.25, 0.3) is 0 Å². The van der Waals surface area contributed by atoms with Crippen molar-refractivity contribution in [3.05, 3.63) is 11.6 Å². The Morgan fingerprint density at radius 2 is 1.10 bits per heavy atom. The van der Waals surface area contributed by atoms with Crippen molar-refractivity contribution in [2.75, 3.05) is 39.3 Å². The summed E-state index contributed by atoms with van der Waals surface area (Å²) in [6.07, 6.45) is 0. The van der Waals surface area contributed by atoms with Crippen LogP contribution in [0.15, 0.2) is 11.6 Å². The fourth-order valence-electron chi connectivity index (χ4n) is 3.41. The highest BCUT2D eigenvalue weighted by Crippen LogP contribution is 2.31. The summed E-state index contributed by atoms with van der Waals surface area (Å²) in [5.41, 5.74) is 0. The minimum absolute atomic E-state index is 0.569. The second kappa shape index (κ2) is 6.15. The molecule has 0 aromatic heterocycles. The Morgan fingerprint density at radius 3 is 1.40 bits per heavy atom. The van der Waals surface area contributed by atoms with Gasteiger partial charge in [-0.05, 0) is 41.5 Å². The maximum atomic E-state index is 2.59. The van der Waals surface area contributed by atoms with Crippen molar-refractivity contribution in [3.8, 4) is 0 Å². The predicted molar refractivity (Wildman–Crippen MR) is 85.2 cm³/mol. The molecule has 2 heterocycles. The van der Waals surface area contributed by atoms with E-state index in [1.807, 2.05) is 0 Å². The highest BCUT2D eigenvalue weighted by atomic mass is 15.5. The first kappa shape index (κ1) is 15.3. The van der Waals surface area contributed by atoms with E-state index < -0.39 is 0 Å². The normalized spacial score (nSPS) is 20.4. The molecule has 2 saturated heterocycles. The van der Waals surface area contributed by atoms with Crippen molar-refractivity contribution >= 4 is 0 Å². The lowest BCUT2D eigenvalue weighted by Crippen LogP contribution is -2.38. The highest BCUT2D eigenvalue weighted by Gasteiger charge is 2.36. The van der Waals surface area contributed by atoms with Gasteiger partial charge < -0.3 is 19.6 Å². The summed E-state index contributed by atoms with van der Waals surface area (Å²) < 4.78 is 0. The molecule has 2 rings (SSSR count). The zero-order valence-electron chi connectivity index (χ0n) is 14.2. The number of nitrogens with zero attached hydrogens (tertiary/aromatic N) is 4. The van der Waals surface area contributed by atoms with Gasteiger partial charge in [0.15, 0.2) is 0 Å². The molecule has 2 fully saturated rings. The van der Waals surface area contributed by atoms with E-state index in [-0.39, 0.29) is 0 Å². The van der Waals surface area contributed by atoms with E-state index in [9.17, 15) is 0 Å². The summed E-state index contributed by atoms with van der Waals surface area (Å²) in [5, 5.41) is 0. The topological polar surface area (TPSA) is 13.0 Å². The Kier molecular flexibility index (Phi) is 4.71. The van der Waals surface area contributed by atoms with Gasteiger partial charge in [-0.1, -0.05) is 0 Å². The van der Waals surface area contributed by atoms with E-state index in [2.05, 4.69) is 61.1 Å². The Balaban J connectivity index is 2.46. The molecular formula is C16H32N4. The van der Waals surface area contributed by atoms with E-state index in [0.29, 0.717) is 12.1 Å². The van der Waals surface area contributed by atoms with Crippen LogP contribution in [0.5, 0.6) is 0 Å². The third kappa shape index (κ3) is 2.57. The molecule has 0 spiro atoms. The summed E-state index contributed by atoms with van der Waals surface area (Å²) in [7, 11) is 0. The minimum Gasteiger partial charge on any atom is -0.354 e. The van der Waals surface area contributed by atoms with Crippen molar-refractivity contribution in [2.45, 2.75) is 53.6 Å². The van der Waals surface area contributed by atoms with E-state index in [1.165, 1.54) is 24.7 Å². The summed E-state index contributed by atoms with van der Waals surface area (Å²) in [6, 6.07) is 1.14. The van der Waals surface area contributed by atoms with Gasteiger partial charge in [-0.2, -0.15) is 0 Å². The third-order valence-corrected chi connectivity index (χ3v) is 4.57. The summed E-state index contributed by atoms with van der Waals surface area (Å²) in [4.78, 5) is 10.3. The lowest BCUT2D eigenvalue weighted by Gasteiger charge is -2.36. The Hall–Kier alpha value is -1.06. The maximum Gasteiger partial charge on any atom is 0.146 e. The molecule has 0 aliphatic carbocycles. The van der Waals surface area contributed by atoms with Crippen LogP contribution in [0.1, 0.15) is 41.5 Å². The van der Waals surface area contributed by atoms with Crippen LogP contribution >= 0.6 is 0 Å². The first-order valence-electron chi connectivity index (χ1n) is 8.28. The molecule has 0 radical (unpaired) electrons. The fraction of sp³-hybridized carbons (Fsp3) is 0.875. The molecule has 4 nitrogen and oxygen atoms in total. The van der Waals surface area contributed by atoms with Gasteiger partial charge in [0.2, 0.25) is 0 Å². The van der Waals surface area contributed by atoms with Gasteiger partial charge in [0.05, 0.1) is 0 Å². The van der Waals surface area contributed by atoms with E-state index in [0.717, 1.165) is 26.2 Å². The van der Waals surface area contributed by atoms with Gasteiger partial charge >= 0.3 is 0 Å². The van der Waals surface area contributed by atoms with Gasteiger partial charge in [-0.3, -0.25) is 0 Å². The number of rotatable bonds is 4. The van der Waals surface area contributed by atoms with Crippen LogP contribution in [-0.2, 0) is 0 Å². The second-order valence-electron chi connectivity index (χ2n) is 6.38. The molecule has 0 aromatic carbocycles. The lowest BCUT2D eigenvalue weighted by molar-refractivity contribution is 0.223. The number of hydrogen-bond donors (Lipinski definition) is 0. The Morgan fingerprint density at radius 1 is 0.700 bits per heavy atom. The number of hydrogen-bond acceptors (Lipinski definition) is 4. The van der Waals surface area contributed by atoms with Crippen LogP contribution in [-0.4, -0.2) is 71.0 Å². The smallest absolute Gasteiger partial charge is 0.146 e. The van der Waals surface area contributed by atoms with Crippen molar-refractivity contribution < 1.29 is 0 Å². The van der Waals surface area contributed by atoms with Gasteiger partial charge in [0.25, 0.3) is 0 Å². The summed E-state index contributed by atoms with van der Waals surface area (Å²) >= 11 is 0. The molecule has 2 aliphatic heterocycles. The Bertz CT molecular complexity index is 329. The van der Waals surface area contributed by atoms with Crippen LogP contribution < -0.4 is 0 Å². The fourth-order valence-corrected chi connectivity index (χ4v) is 3.41. The molecule has 0 bridgehead atoms. The molecule has 0 amide bonds. The molecule has 0 aromatic rings. The standard InChI is InChI=1S/C16H32N4/c1-7-17-9-10-18(8-2)15(17)16-19(13(3)4)11-12-20(16)14(5)6/h13-14H,7-12H2,1-6H3. The van der Waals surface area contributed by atoms with Crippen LogP contribution in [0, 0.1) is 0 Å². The quantitative estimate of drug-likeness (QED) is 0.782. The average molecular weight is 280 g/mol. The van der Waals surface area contributed by atoms with Gasteiger partial charge in [-0.15, -0.1) is 0 Å². The first-order chi connectivity index (χ1) is 9.51. The lowest BCUT2D eigenvalue weighted by atomic mass is 10.3. The van der Waals surface area contributed by atoms with E-state index >= 15 is 0 Å². The van der Waals surface area contributed by atoms with Crippen LogP contribution in [0.4, 0.5) is 0 Å². The monoisotopic (exact) mass is 280 g/mol. The van der Waals surface area contributed by atoms with Crippen molar-refractivity contribution in [1.29, 1.82) is 0 Å². The third-order valence-electron chi connectivity index (χ3n) is 4.57. The SMILES string of the molecule is CCN1CCN(CC)C1=C1N(C(C)C)CCN1C(C)C. The van der Waals surface area contributed by atoms with Crippen LogP contribution in [0.3, 0.4) is 0 Å². The molecular weight excluding hydrogens is 248 g/mol. The Labute approximate surface area is 125 Å². The van der Waals surface area contributed by atoms with Gasteiger partial charge in [0, 0.05) is 51.4 Å². The van der Waals surface area contributed by atoms with Gasteiger partial charge in [0.1, 0.15) is 11.6 Å². The average Bonchev–Trinajstić information content (AvgIpc) is 3.00. The summed E-state index contributed by atoms with van der Waals surface area (Å²) in [6.45, 7) is 20.6. The number of likely N-dealkylation sites (N-methyl/N-ethyl adjacent to an activating group) is 2. The molecule has 2 aliphatic rings. The molecule has 4 heteroatoms. The molecule has 116 valence electrons. The van der Waals surface area contributed by atoms with Crippen molar-refractivity contribution in [2.24, 2.45) is 0 Å². The predicted octanol–water partition coefficient (Wildman–Crippen LogP) is 2.20. The molecule has 0 unspecified atom stereocenters. The zero-order valence-corrected chi connectivity index (χ0v) is 14.2. The summed E-state index contributed by atoms with van der Waals surface area (Å²) in [5.74, 6) is 2.94. The van der Waals surface area contributed by atoms with Crippen molar-refractivity contribution in [3.63, 3.8) is 0 Å². The molecule has 0 N–H and O–H groups in total. The molecule has 20 heavy (non-hydrogen) atoms. The van der Waals surface area contributed by atoms with Crippen LogP contribution in [0.2, 0.25) is 0 Å². The second-order valence-corrected chi connectivity index (χ2v) is 6.38. The van der Waals surface area contributed by atoms with Gasteiger partial charge in [-0.25, -0.2) is 0 Å². The van der Waals surface area contributed by atoms with E-state index in [1.54, 1.807) is 0 Å². The first-order valence-corrected chi connectivity index (χ1v) is 8.28. The molecule has 0 saturated carbocycles. The highest BCUT2D eigenvalue weighted by molar-refractivity contribution is 5.19. The van der Waals surface area contributed by atoms with Crippen molar-refractivity contribution in [1.82, 2.24) is 19.6 Å². The molecule has 0 atom stereocenters. The minimum atomic E-state index is 0.569. The largest absolute Gasteiger partial charge is 0.354 e.